The van der Waals surface area contributed by atoms with Crippen molar-refractivity contribution >= 4 is 32.6 Å². The summed E-state index contributed by atoms with van der Waals surface area (Å²) in [6.07, 6.45) is 2.51. The number of aryl methyl sites for hydroxylation is 1. The molecule has 1 fully saturated rings. The van der Waals surface area contributed by atoms with E-state index < -0.39 is 0 Å². The van der Waals surface area contributed by atoms with Crippen molar-refractivity contribution in [3.8, 4) is 11.4 Å². The van der Waals surface area contributed by atoms with Crippen molar-refractivity contribution in [1.29, 1.82) is 0 Å². The van der Waals surface area contributed by atoms with Gasteiger partial charge in [0, 0.05) is 27.6 Å². The Hall–Kier alpha value is -0.940. The lowest BCUT2D eigenvalue weighted by molar-refractivity contribution is 1.14. The molecule has 1 aromatic heterocycles. The standard InChI is InChI=1S/C12H12BrN3S/c1-7-2-5-9(10(13)6-7)11-15-12(17-16-11)14-8-3-4-8/h2,5-6,8H,3-4H2,1H3,(H,14,15,16). The van der Waals surface area contributed by atoms with Crippen LogP contribution in [0.3, 0.4) is 0 Å². The molecule has 0 aliphatic heterocycles. The van der Waals surface area contributed by atoms with Gasteiger partial charge in [-0.2, -0.15) is 9.36 Å². The molecule has 0 saturated heterocycles. The maximum atomic E-state index is 4.52. The van der Waals surface area contributed by atoms with Gasteiger partial charge in [-0.05, 0) is 37.5 Å². The minimum Gasteiger partial charge on any atom is -0.358 e. The molecule has 1 saturated carbocycles. The van der Waals surface area contributed by atoms with Crippen LogP contribution in [0.15, 0.2) is 22.7 Å². The Morgan fingerprint density at radius 2 is 2.24 bits per heavy atom. The quantitative estimate of drug-likeness (QED) is 0.935. The van der Waals surface area contributed by atoms with Crippen molar-refractivity contribution in [2.24, 2.45) is 0 Å². The topological polar surface area (TPSA) is 37.8 Å². The average Bonchev–Trinajstić information content (AvgIpc) is 2.96. The number of halogens is 1. The van der Waals surface area contributed by atoms with Crippen LogP contribution >= 0.6 is 27.5 Å². The Kier molecular flexibility index (Phi) is 2.88. The van der Waals surface area contributed by atoms with E-state index in [1.807, 2.05) is 0 Å². The van der Waals surface area contributed by atoms with Crippen molar-refractivity contribution in [2.45, 2.75) is 25.8 Å². The third-order valence-electron chi connectivity index (χ3n) is 2.70. The summed E-state index contributed by atoms with van der Waals surface area (Å²) in [5.41, 5.74) is 2.28. The van der Waals surface area contributed by atoms with E-state index in [2.05, 4.69) is 55.7 Å². The van der Waals surface area contributed by atoms with Crippen LogP contribution in [0.5, 0.6) is 0 Å². The first-order chi connectivity index (χ1) is 8.22. The van der Waals surface area contributed by atoms with E-state index in [4.69, 9.17) is 0 Å². The monoisotopic (exact) mass is 309 g/mol. The zero-order valence-corrected chi connectivity index (χ0v) is 11.8. The molecular formula is C12H12BrN3S. The van der Waals surface area contributed by atoms with Crippen LogP contribution < -0.4 is 5.32 Å². The smallest absolute Gasteiger partial charge is 0.203 e. The molecule has 0 amide bonds. The molecule has 0 atom stereocenters. The Morgan fingerprint density at radius 3 is 2.94 bits per heavy atom. The molecule has 0 spiro atoms. The van der Waals surface area contributed by atoms with Gasteiger partial charge in [-0.1, -0.05) is 22.0 Å². The Labute approximate surface area is 113 Å². The highest BCUT2D eigenvalue weighted by atomic mass is 79.9. The van der Waals surface area contributed by atoms with E-state index in [1.54, 1.807) is 0 Å². The van der Waals surface area contributed by atoms with E-state index in [1.165, 1.54) is 29.9 Å². The predicted octanol–water partition coefficient (Wildman–Crippen LogP) is 3.85. The fourth-order valence-electron chi connectivity index (χ4n) is 1.60. The summed E-state index contributed by atoms with van der Waals surface area (Å²) in [7, 11) is 0. The first-order valence-electron chi connectivity index (χ1n) is 5.59. The van der Waals surface area contributed by atoms with Crippen molar-refractivity contribution in [3.63, 3.8) is 0 Å². The molecular weight excluding hydrogens is 298 g/mol. The van der Waals surface area contributed by atoms with E-state index in [-0.39, 0.29) is 0 Å². The number of anilines is 1. The molecule has 1 aromatic carbocycles. The van der Waals surface area contributed by atoms with Gasteiger partial charge in [0.1, 0.15) is 0 Å². The average molecular weight is 310 g/mol. The van der Waals surface area contributed by atoms with E-state index >= 15 is 0 Å². The Bertz CT molecular complexity index is 548. The van der Waals surface area contributed by atoms with Crippen molar-refractivity contribution in [1.82, 2.24) is 9.36 Å². The minimum atomic E-state index is 0.622. The first kappa shape index (κ1) is 11.2. The predicted molar refractivity (Wildman–Crippen MR) is 74.4 cm³/mol. The summed E-state index contributed by atoms with van der Waals surface area (Å²) in [6.45, 7) is 2.07. The molecule has 5 heteroatoms. The van der Waals surface area contributed by atoms with E-state index in [0.717, 1.165) is 21.0 Å². The number of benzene rings is 1. The van der Waals surface area contributed by atoms with E-state index in [9.17, 15) is 0 Å². The molecule has 0 unspecified atom stereocenters. The number of rotatable bonds is 3. The summed E-state index contributed by atoms with van der Waals surface area (Å²) in [6, 6.07) is 6.85. The fourth-order valence-corrected chi connectivity index (χ4v) is 2.92. The first-order valence-corrected chi connectivity index (χ1v) is 7.16. The third kappa shape index (κ3) is 2.50. The molecule has 88 valence electrons. The summed E-state index contributed by atoms with van der Waals surface area (Å²) in [5.74, 6) is 0.796. The van der Waals surface area contributed by atoms with Gasteiger partial charge in [0.05, 0.1) is 0 Å². The van der Waals surface area contributed by atoms with Crippen LogP contribution in [-0.4, -0.2) is 15.4 Å². The van der Waals surface area contributed by atoms with Gasteiger partial charge in [-0.15, -0.1) is 0 Å². The van der Waals surface area contributed by atoms with Crippen molar-refractivity contribution in [3.05, 3.63) is 28.2 Å². The largest absolute Gasteiger partial charge is 0.358 e. The highest BCUT2D eigenvalue weighted by molar-refractivity contribution is 9.10. The number of aromatic nitrogens is 2. The molecule has 3 rings (SSSR count). The van der Waals surface area contributed by atoms with Gasteiger partial charge in [0.25, 0.3) is 0 Å². The molecule has 3 nitrogen and oxygen atoms in total. The van der Waals surface area contributed by atoms with Crippen LogP contribution in [0.1, 0.15) is 18.4 Å². The van der Waals surface area contributed by atoms with Gasteiger partial charge < -0.3 is 5.32 Å². The summed E-state index contributed by atoms with van der Waals surface area (Å²) in [5, 5.41) is 4.29. The molecule has 17 heavy (non-hydrogen) atoms. The van der Waals surface area contributed by atoms with Gasteiger partial charge >= 0.3 is 0 Å². The SMILES string of the molecule is Cc1ccc(-c2nsc(NC3CC3)n2)c(Br)c1. The van der Waals surface area contributed by atoms with Crippen LogP contribution in [0.2, 0.25) is 0 Å². The fraction of sp³-hybridized carbons (Fsp3) is 0.333. The maximum Gasteiger partial charge on any atom is 0.203 e. The summed E-state index contributed by atoms with van der Waals surface area (Å²) in [4.78, 5) is 4.52. The second kappa shape index (κ2) is 4.38. The van der Waals surface area contributed by atoms with Crippen molar-refractivity contribution in [2.75, 3.05) is 5.32 Å². The lowest BCUT2D eigenvalue weighted by Crippen LogP contribution is -1.99. The lowest BCUT2D eigenvalue weighted by atomic mass is 10.1. The number of nitrogens with zero attached hydrogens (tertiary/aromatic N) is 2. The number of hydrogen-bond donors (Lipinski definition) is 1. The van der Waals surface area contributed by atoms with Crippen LogP contribution in [0.25, 0.3) is 11.4 Å². The normalized spacial score (nSPS) is 14.9. The van der Waals surface area contributed by atoms with Gasteiger partial charge in [0.15, 0.2) is 5.82 Å². The zero-order chi connectivity index (χ0) is 11.8. The van der Waals surface area contributed by atoms with Crippen molar-refractivity contribution < 1.29 is 0 Å². The minimum absolute atomic E-state index is 0.622. The summed E-state index contributed by atoms with van der Waals surface area (Å²) >= 11 is 4.99. The second-order valence-electron chi connectivity index (χ2n) is 4.33. The van der Waals surface area contributed by atoms with Crippen LogP contribution in [-0.2, 0) is 0 Å². The number of hydrogen-bond acceptors (Lipinski definition) is 4. The molecule has 0 bridgehead atoms. The van der Waals surface area contributed by atoms with E-state index in [0.29, 0.717) is 6.04 Å². The van der Waals surface area contributed by atoms with Crippen LogP contribution in [0.4, 0.5) is 5.13 Å². The Morgan fingerprint density at radius 1 is 1.41 bits per heavy atom. The molecule has 1 N–H and O–H groups in total. The number of nitrogens with one attached hydrogen (secondary N) is 1. The molecule has 2 aromatic rings. The maximum absolute atomic E-state index is 4.52. The molecule has 1 aliphatic carbocycles. The summed E-state index contributed by atoms with van der Waals surface area (Å²) < 4.78 is 5.45. The zero-order valence-electron chi connectivity index (χ0n) is 9.40. The van der Waals surface area contributed by atoms with Gasteiger partial charge in [-0.3, -0.25) is 0 Å². The Balaban J connectivity index is 1.89. The lowest BCUT2D eigenvalue weighted by Gasteiger charge is -2.01. The highest BCUT2D eigenvalue weighted by Gasteiger charge is 2.22. The van der Waals surface area contributed by atoms with Crippen LogP contribution in [0, 0.1) is 6.92 Å². The molecule has 0 radical (unpaired) electrons. The third-order valence-corrected chi connectivity index (χ3v) is 4.00. The highest BCUT2D eigenvalue weighted by Crippen LogP contribution is 2.31. The second-order valence-corrected chi connectivity index (χ2v) is 5.93. The van der Waals surface area contributed by atoms with Gasteiger partial charge in [0.2, 0.25) is 5.13 Å². The molecule has 1 heterocycles. The molecule has 1 aliphatic rings. The van der Waals surface area contributed by atoms with Gasteiger partial charge in [-0.25, -0.2) is 0 Å².